The lowest BCUT2D eigenvalue weighted by molar-refractivity contribution is -0.113. The molecule has 2 aromatic rings. The molecule has 3 N–H and O–H groups in total. The van der Waals surface area contributed by atoms with Crippen LogP contribution in [-0.4, -0.2) is 20.1 Å². The van der Waals surface area contributed by atoms with E-state index in [4.69, 9.17) is 28.3 Å². The molecule has 0 atom stereocenters. The second-order valence-electron chi connectivity index (χ2n) is 5.37. The number of primary sulfonamides is 1. The van der Waals surface area contributed by atoms with Crippen LogP contribution in [-0.2, 0) is 14.8 Å². The molecule has 25 heavy (non-hydrogen) atoms. The summed E-state index contributed by atoms with van der Waals surface area (Å²) in [5.74, 6) is -0.201. The quantitative estimate of drug-likeness (QED) is 0.718. The third kappa shape index (κ3) is 5.36. The van der Waals surface area contributed by atoms with Gasteiger partial charge in [0.2, 0.25) is 15.9 Å². The first-order valence-electron chi connectivity index (χ1n) is 7.09. The lowest BCUT2D eigenvalue weighted by atomic mass is 10.1. The first kappa shape index (κ1) is 20.1. The molecule has 2 aromatic carbocycles. The maximum atomic E-state index is 12.2. The maximum absolute atomic E-state index is 12.2. The van der Waals surface area contributed by atoms with Crippen LogP contribution in [0.5, 0.6) is 0 Å². The van der Waals surface area contributed by atoms with Gasteiger partial charge in [0, 0.05) is 15.6 Å². The normalized spacial score (nSPS) is 11.4. The summed E-state index contributed by atoms with van der Waals surface area (Å²) in [6, 6.07) is 7.83. The zero-order valence-electron chi connectivity index (χ0n) is 13.5. The number of rotatable bonds is 5. The van der Waals surface area contributed by atoms with Crippen LogP contribution in [0.2, 0.25) is 10.0 Å². The van der Waals surface area contributed by atoms with Crippen molar-refractivity contribution in [1.82, 2.24) is 0 Å². The van der Waals surface area contributed by atoms with Gasteiger partial charge in [0.15, 0.2) is 0 Å². The number of thioether (sulfide) groups is 1. The number of anilines is 1. The van der Waals surface area contributed by atoms with Crippen molar-refractivity contribution in [3.05, 3.63) is 51.5 Å². The monoisotopic (exact) mass is 418 g/mol. The summed E-state index contributed by atoms with van der Waals surface area (Å²) >= 11 is 13.2. The molecule has 134 valence electrons. The van der Waals surface area contributed by atoms with Gasteiger partial charge in [-0.2, -0.15) is 0 Å². The number of halogens is 2. The van der Waals surface area contributed by atoms with E-state index in [-0.39, 0.29) is 16.6 Å². The van der Waals surface area contributed by atoms with E-state index in [1.807, 2.05) is 0 Å². The van der Waals surface area contributed by atoms with Gasteiger partial charge in [-0.05, 0) is 55.3 Å². The van der Waals surface area contributed by atoms with Gasteiger partial charge in [-0.3, -0.25) is 4.79 Å². The van der Waals surface area contributed by atoms with Gasteiger partial charge in [0.25, 0.3) is 0 Å². The minimum atomic E-state index is -3.85. The van der Waals surface area contributed by atoms with E-state index < -0.39 is 10.0 Å². The van der Waals surface area contributed by atoms with Crippen LogP contribution in [0.3, 0.4) is 0 Å². The summed E-state index contributed by atoms with van der Waals surface area (Å²) < 4.78 is 23.1. The molecule has 0 heterocycles. The van der Waals surface area contributed by atoms with Crippen molar-refractivity contribution in [3.63, 3.8) is 0 Å². The average molecular weight is 419 g/mol. The Bertz CT molecular complexity index is 931. The summed E-state index contributed by atoms with van der Waals surface area (Å²) in [6.45, 7) is 3.54. The lowest BCUT2D eigenvalue weighted by Crippen LogP contribution is -2.17. The van der Waals surface area contributed by atoms with Crippen molar-refractivity contribution in [2.45, 2.75) is 23.6 Å². The maximum Gasteiger partial charge on any atom is 0.238 e. The van der Waals surface area contributed by atoms with E-state index in [2.05, 4.69) is 5.32 Å². The molecule has 0 saturated carbocycles. The van der Waals surface area contributed by atoms with Crippen LogP contribution in [0, 0.1) is 13.8 Å². The zero-order valence-corrected chi connectivity index (χ0v) is 16.6. The number of carbonyl (C=O) groups excluding carboxylic acids is 1. The van der Waals surface area contributed by atoms with E-state index in [9.17, 15) is 13.2 Å². The number of amides is 1. The Morgan fingerprint density at radius 1 is 1.20 bits per heavy atom. The fourth-order valence-corrected chi connectivity index (χ4v) is 3.95. The topological polar surface area (TPSA) is 89.3 Å². The molecular weight excluding hydrogens is 403 g/mol. The highest BCUT2D eigenvalue weighted by Gasteiger charge is 2.14. The predicted octanol–water partition coefficient (Wildman–Crippen LogP) is 3.99. The van der Waals surface area contributed by atoms with Crippen molar-refractivity contribution >= 4 is 56.6 Å². The number of sulfonamides is 1. The van der Waals surface area contributed by atoms with Gasteiger partial charge in [-0.15, -0.1) is 11.8 Å². The molecule has 0 aliphatic rings. The Morgan fingerprint density at radius 2 is 1.88 bits per heavy atom. The molecular formula is C16H16Cl2N2O3S2. The van der Waals surface area contributed by atoms with E-state index in [0.29, 0.717) is 26.2 Å². The fourth-order valence-electron chi connectivity index (χ4n) is 2.04. The molecule has 0 fully saturated rings. The third-order valence-electron chi connectivity index (χ3n) is 3.50. The highest BCUT2D eigenvalue weighted by molar-refractivity contribution is 8.00. The molecule has 0 radical (unpaired) electrons. The van der Waals surface area contributed by atoms with E-state index >= 15 is 0 Å². The summed E-state index contributed by atoms with van der Waals surface area (Å²) in [5.41, 5.74) is 1.89. The third-order valence-corrected chi connectivity index (χ3v) is 6.12. The molecule has 0 unspecified atom stereocenters. The van der Waals surface area contributed by atoms with Crippen LogP contribution in [0.25, 0.3) is 0 Å². The first-order valence-corrected chi connectivity index (χ1v) is 10.4. The van der Waals surface area contributed by atoms with Crippen LogP contribution < -0.4 is 10.5 Å². The minimum Gasteiger partial charge on any atom is -0.325 e. The molecule has 0 aliphatic carbocycles. The molecule has 0 spiro atoms. The standard InChI is InChI=1S/C16H16Cl2N2O3S2/c1-9-5-12(25(19,22)23)7-14(10(9)2)20-16(21)8-24-15-6-11(17)3-4-13(15)18/h3-7H,8H2,1-2H3,(H,20,21)(H2,19,22,23). The first-order chi connectivity index (χ1) is 11.6. The lowest BCUT2D eigenvalue weighted by Gasteiger charge is -2.13. The summed E-state index contributed by atoms with van der Waals surface area (Å²) in [7, 11) is -3.85. The Labute approximate surface area is 160 Å². The largest absolute Gasteiger partial charge is 0.325 e. The van der Waals surface area contributed by atoms with Crippen molar-refractivity contribution in [3.8, 4) is 0 Å². The Hall–Kier alpha value is -1.25. The summed E-state index contributed by atoms with van der Waals surface area (Å²) in [4.78, 5) is 12.9. The Kier molecular flexibility index (Phi) is 6.40. The molecule has 9 heteroatoms. The molecule has 0 saturated heterocycles. The summed E-state index contributed by atoms with van der Waals surface area (Å²) in [6.07, 6.45) is 0. The zero-order chi connectivity index (χ0) is 18.8. The highest BCUT2D eigenvalue weighted by atomic mass is 35.5. The van der Waals surface area contributed by atoms with Gasteiger partial charge < -0.3 is 5.32 Å². The summed E-state index contributed by atoms with van der Waals surface area (Å²) in [5, 5.41) is 8.91. The van der Waals surface area contributed by atoms with Gasteiger partial charge in [0.1, 0.15) is 0 Å². The number of nitrogens with one attached hydrogen (secondary N) is 1. The molecule has 1 amide bonds. The van der Waals surface area contributed by atoms with Gasteiger partial charge in [0.05, 0.1) is 15.7 Å². The van der Waals surface area contributed by atoms with Gasteiger partial charge in [-0.1, -0.05) is 23.2 Å². The SMILES string of the molecule is Cc1cc(S(N)(=O)=O)cc(NC(=O)CSc2cc(Cl)ccc2Cl)c1C. The Balaban J connectivity index is 2.15. The molecule has 0 aromatic heterocycles. The van der Waals surface area contributed by atoms with E-state index in [1.165, 1.54) is 23.9 Å². The van der Waals surface area contributed by atoms with Crippen LogP contribution >= 0.6 is 35.0 Å². The number of benzene rings is 2. The van der Waals surface area contributed by atoms with Crippen molar-refractivity contribution in [2.75, 3.05) is 11.1 Å². The van der Waals surface area contributed by atoms with Crippen LogP contribution in [0.4, 0.5) is 5.69 Å². The number of aryl methyl sites for hydroxylation is 1. The van der Waals surface area contributed by atoms with Gasteiger partial charge >= 0.3 is 0 Å². The average Bonchev–Trinajstić information content (AvgIpc) is 2.51. The molecule has 5 nitrogen and oxygen atoms in total. The molecule has 0 bridgehead atoms. The second-order valence-corrected chi connectivity index (χ2v) is 8.79. The number of hydrogen-bond donors (Lipinski definition) is 2. The van der Waals surface area contributed by atoms with E-state index in [0.717, 1.165) is 5.56 Å². The van der Waals surface area contributed by atoms with Gasteiger partial charge in [-0.25, -0.2) is 13.6 Å². The smallest absolute Gasteiger partial charge is 0.238 e. The van der Waals surface area contributed by atoms with Crippen molar-refractivity contribution < 1.29 is 13.2 Å². The number of nitrogens with two attached hydrogens (primary N) is 1. The highest BCUT2D eigenvalue weighted by Crippen LogP contribution is 2.30. The molecule has 2 rings (SSSR count). The minimum absolute atomic E-state index is 0.0450. The molecule has 0 aliphatic heterocycles. The predicted molar refractivity (Wildman–Crippen MR) is 103 cm³/mol. The Morgan fingerprint density at radius 3 is 2.52 bits per heavy atom. The number of carbonyl (C=O) groups is 1. The second kappa shape index (κ2) is 7.97. The van der Waals surface area contributed by atoms with Crippen molar-refractivity contribution in [2.24, 2.45) is 5.14 Å². The fraction of sp³-hybridized carbons (Fsp3) is 0.188. The van der Waals surface area contributed by atoms with Crippen LogP contribution in [0.1, 0.15) is 11.1 Å². The number of hydrogen-bond acceptors (Lipinski definition) is 4. The van der Waals surface area contributed by atoms with Crippen LogP contribution in [0.15, 0.2) is 40.1 Å². The van der Waals surface area contributed by atoms with Crippen molar-refractivity contribution in [1.29, 1.82) is 0 Å². The van der Waals surface area contributed by atoms with E-state index in [1.54, 1.807) is 32.0 Å².